The first-order chi connectivity index (χ1) is 9.29. The van der Waals surface area contributed by atoms with E-state index >= 15 is 0 Å². The maximum atomic E-state index is 12.3. The first kappa shape index (κ1) is 11.1. The molecule has 0 unspecified atom stereocenters. The SMILES string of the molecule is O=C(N[C@@H]1C[C@H]2CN[C@@H]1C2)c1ccc2ccoc2c1. The van der Waals surface area contributed by atoms with Crippen LogP contribution in [0.2, 0.25) is 0 Å². The lowest BCUT2D eigenvalue weighted by Gasteiger charge is -2.23. The molecule has 1 aromatic carbocycles. The number of amides is 1. The highest BCUT2D eigenvalue weighted by Crippen LogP contribution is 2.31. The molecule has 2 aromatic rings. The Hall–Kier alpha value is -1.81. The summed E-state index contributed by atoms with van der Waals surface area (Å²) < 4.78 is 5.34. The topological polar surface area (TPSA) is 54.3 Å². The first-order valence-corrected chi connectivity index (χ1v) is 6.81. The molecule has 1 aromatic heterocycles. The predicted molar refractivity (Wildman–Crippen MR) is 72.0 cm³/mol. The Morgan fingerprint density at radius 1 is 1.32 bits per heavy atom. The Bertz CT molecular complexity index is 634. The summed E-state index contributed by atoms with van der Waals surface area (Å²) in [4.78, 5) is 12.3. The molecule has 4 nitrogen and oxygen atoms in total. The van der Waals surface area contributed by atoms with Gasteiger partial charge >= 0.3 is 0 Å². The van der Waals surface area contributed by atoms with Crippen molar-refractivity contribution in [2.45, 2.75) is 24.9 Å². The van der Waals surface area contributed by atoms with Crippen molar-refractivity contribution in [3.05, 3.63) is 36.1 Å². The molecule has 2 aliphatic rings. The fourth-order valence-electron chi connectivity index (χ4n) is 3.36. The molecule has 1 amide bonds. The van der Waals surface area contributed by atoms with Crippen molar-refractivity contribution in [3.8, 4) is 0 Å². The van der Waals surface area contributed by atoms with Gasteiger partial charge in [0.05, 0.1) is 6.26 Å². The van der Waals surface area contributed by atoms with Gasteiger partial charge < -0.3 is 15.1 Å². The quantitative estimate of drug-likeness (QED) is 0.863. The number of carbonyl (C=O) groups is 1. The third-order valence-electron chi connectivity index (χ3n) is 4.36. The summed E-state index contributed by atoms with van der Waals surface area (Å²) in [5, 5.41) is 7.62. The molecule has 2 fully saturated rings. The van der Waals surface area contributed by atoms with Gasteiger partial charge in [0.1, 0.15) is 5.58 Å². The van der Waals surface area contributed by atoms with Gasteiger partial charge in [-0.3, -0.25) is 4.79 Å². The van der Waals surface area contributed by atoms with Crippen molar-refractivity contribution in [1.82, 2.24) is 10.6 Å². The van der Waals surface area contributed by atoms with E-state index < -0.39 is 0 Å². The van der Waals surface area contributed by atoms with Crippen LogP contribution in [0.5, 0.6) is 0 Å². The van der Waals surface area contributed by atoms with Crippen LogP contribution in [-0.2, 0) is 0 Å². The van der Waals surface area contributed by atoms with Crippen LogP contribution in [-0.4, -0.2) is 24.5 Å². The van der Waals surface area contributed by atoms with E-state index in [4.69, 9.17) is 4.42 Å². The van der Waals surface area contributed by atoms with E-state index in [2.05, 4.69) is 10.6 Å². The lowest BCUT2D eigenvalue weighted by molar-refractivity contribution is 0.0928. The summed E-state index contributed by atoms with van der Waals surface area (Å²) in [7, 11) is 0. The van der Waals surface area contributed by atoms with Crippen LogP contribution in [0.25, 0.3) is 11.0 Å². The predicted octanol–water partition coefficient (Wildman–Crippen LogP) is 1.91. The number of carbonyl (C=O) groups excluding carboxylic acids is 1. The third-order valence-corrected chi connectivity index (χ3v) is 4.36. The van der Waals surface area contributed by atoms with Gasteiger partial charge in [-0.1, -0.05) is 6.07 Å². The van der Waals surface area contributed by atoms with Crippen molar-refractivity contribution < 1.29 is 9.21 Å². The molecular weight excluding hydrogens is 240 g/mol. The normalized spacial score (nSPS) is 28.9. The van der Waals surface area contributed by atoms with Crippen LogP contribution in [0, 0.1) is 5.92 Å². The Balaban J connectivity index is 1.53. The van der Waals surface area contributed by atoms with Gasteiger partial charge in [0.15, 0.2) is 0 Å². The Morgan fingerprint density at radius 2 is 2.26 bits per heavy atom. The number of benzene rings is 1. The van der Waals surface area contributed by atoms with Gasteiger partial charge in [-0.25, -0.2) is 0 Å². The number of piperidine rings is 1. The van der Waals surface area contributed by atoms with Gasteiger partial charge in [-0.15, -0.1) is 0 Å². The van der Waals surface area contributed by atoms with Gasteiger partial charge in [-0.2, -0.15) is 0 Å². The van der Waals surface area contributed by atoms with E-state index in [0.29, 0.717) is 11.6 Å². The monoisotopic (exact) mass is 256 g/mol. The number of furan rings is 1. The van der Waals surface area contributed by atoms with Crippen LogP contribution in [0.3, 0.4) is 0 Å². The Kier molecular flexibility index (Phi) is 2.38. The molecule has 1 aliphatic heterocycles. The number of hydrogen-bond acceptors (Lipinski definition) is 3. The number of hydrogen-bond donors (Lipinski definition) is 2. The highest BCUT2D eigenvalue weighted by Gasteiger charge is 2.40. The van der Waals surface area contributed by atoms with Crippen molar-refractivity contribution in [2.75, 3.05) is 6.54 Å². The summed E-state index contributed by atoms with van der Waals surface area (Å²) in [6.07, 6.45) is 3.95. The fraction of sp³-hybridized carbons (Fsp3) is 0.400. The molecule has 1 saturated carbocycles. The average molecular weight is 256 g/mol. The van der Waals surface area contributed by atoms with Crippen LogP contribution >= 0.6 is 0 Å². The standard InChI is InChI=1S/C15H16N2O2/c18-15(17-13-6-9-5-12(13)16-8-9)11-2-1-10-3-4-19-14(10)7-11/h1-4,7,9,12-13,16H,5-6,8H2,(H,17,18)/t9-,12+,13+/m0/s1. The van der Waals surface area contributed by atoms with Gasteiger partial charge in [-0.05, 0) is 43.5 Å². The minimum Gasteiger partial charge on any atom is -0.464 e. The summed E-state index contributed by atoms with van der Waals surface area (Å²) >= 11 is 0. The minimum atomic E-state index is -0.00218. The van der Waals surface area contributed by atoms with E-state index in [1.165, 1.54) is 6.42 Å². The van der Waals surface area contributed by atoms with Crippen molar-refractivity contribution in [3.63, 3.8) is 0 Å². The van der Waals surface area contributed by atoms with E-state index in [9.17, 15) is 4.79 Å². The minimum absolute atomic E-state index is 0.00218. The average Bonchev–Trinajstić information content (AvgIpc) is 3.13. The molecule has 4 rings (SSSR count). The molecule has 1 aliphatic carbocycles. The second kappa shape index (κ2) is 4.10. The zero-order valence-electron chi connectivity index (χ0n) is 10.6. The highest BCUT2D eigenvalue weighted by atomic mass is 16.3. The molecular formula is C15H16N2O2. The molecule has 2 bridgehead atoms. The van der Waals surface area contributed by atoms with Crippen molar-refractivity contribution >= 4 is 16.9 Å². The third kappa shape index (κ3) is 1.83. The Labute approximate surface area is 111 Å². The molecule has 3 atom stereocenters. The van der Waals surface area contributed by atoms with Gasteiger partial charge in [0, 0.05) is 23.0 Å². The maximum Gasteiger partial charge on any atom is 0.251 e. The van der Waals surface area contributed by atoms with E-state index in [-0.39, 0.29) is 11.9 Å². The molecule has 19 heavy (non-hydrogen) atoms. The van der Waals surface area contributed by atoms with Crippen LogP contribution < -0.4 is 10.6 Å². The fourth-order valence-corrected chi connectivity index (χ4v) is 3.36. The lowest BCUT2D eigenvalue weighted by atomic mass is 10.1. The molecule has 4 heteroatoms. The largest absolute Gasteiger partial charge is 0.464 e. The van der Waals surface area contributed by atoms with E-state index in [1.807, 2.05) is 24.3 Å². The summed E-state index contributed by atoms with van der Waals surface area (Å²) in [5.74, 6) is 0.737. The number of nitrogens with one attached hydrogen (secondary N) is 2. The van der Waals surface area contributed by atoms with Crippen LogP contribution in [0.15, 0.2) is 34.9 Å². The zero-order valence-corrected chi connectivity index (χ0v) is 10.6. The maximum absolute atomic E-state index is 12.3. The van der Waals surface area contributed by atoms with E-state index in [0.717, 1.165) is 29.9 Å². The smallest absolute Gasteiger partial charge is 0.251 e. The second-order valence-electron chi connectivity index (χ2n) is 5.61. The van der Waals surface area contributed by atoms with Crippen molar-refractivity contribution in [1.29, 1.82) is 0 Å². The Morgan fingerprint density at radius 3 is 3.05 bits per heavy atom. The molecule has 0 spiro atoms. The second-order valence-corrected chi connectivity index (χ2v) is 5.61. The van der Waals surface area contributed by atoms with Crippen molar-refractivity contribution in [2.24, 2.45) is 5.92 Å². The molecule has 0 radical (unpaired) electrons. The number of fused-ring (bicyclic) bond motifs is 3. The van der Waals surface area contributed by atoms with Crippen LogP contribution in [0.4, 0.5) is 0 Å². The summed E-state index contributed by atoms with van der Waals surface area (Å²) in [6.45, 7) is 1.11. The van der Waals surface area contributed by atoms with Gasteiger partial charge in [0.25, 0.3) is 5.91 Å². The van der Waals surface area contributed by atoms with Crippen LogP contribution in [0.1, 0.15) is 23.2 Å². The number of rotatable bonds is 2. The lowest BCUT2D eigenvalue weighted by Crippen LogP contribution is -2.47. The van der Waals surface area contributed by atoms with E-state index in [1.54, 1.807) is 6.26 Å². The summed E-state index contributed by atoms with van der Waals surface area (Å²) in [6, 6.07) is 8.22. The highest BCUT2D eigenvalue weighted by molar-refractivity contribution is 5.97. The van der Waals surface area contributed by atoms with Gasteiger partial charge in [0.2, 0.25) is 0 Å². The molecule has 98 valence electrons. The molecule has 1 saturated heterocycles. The first-order valence-electron chi connectivity index (χ1n) is 6.81. The molecule has 2 N–H and O–H groups in total. The zero-order chi connectivity index (χ0) is 12.8. The summed E-state index contributed by atoms with van der Waals surface area (Å²) in [5.41, 5.74) is 1.43. The molecule has 2 heterocycles.